The molecule has 0 atom stereocenters. The van der Waals surface area contributed by atoms with E-state index in [4.69, 9.17) is 5.11 Å². The molecule has 19 heavy (non-hydrogen) atoms. The molecule has 0 aliphatic heterocycles. The quantitative estimate of drug-likeness (QED) is 0.823. The summed E-state index contributed by atoms with van der Waals surface area (Å²) in [6.45, 7) is -0.286. The Morgan fingerprint density at radius 1 is 1.53 bits per heavy atom. The molecular formula is C13H9FN2O2S. The normalized spacial score (nSPS) is 9.58. The number of nitrogens with zero attached hydrogens (tertiary/aromatic N) is 1. The summed E-state index contributed by atoms with van der Waals surface area (Å²) in [7, 11) is 0. The number of nitrogens with one attached hydrogen (secondary N) is 1. The van der Waals surface area contributed by atoms with Gasteiger partial charge in [-0.1, -0.05) is 11.8 Å². The number of aromatic nitrogens is 1. The van der Waals surface area contributed by atoms with E-state index in [1.807, 2.05) is 0 Å². The second-order valence-corrected chi connectivity index (χ2v) is 4.36. The van der Waals surface area contributed by atoms with Crippen molar-refractivity contribution in [2.75, 3.05) is 11.9 Å². The zero-order valence-corrected chi connectivity index (χ0v) is 10.5. The lowest BCUT2D eigenvalue weighted by Crippen LogP contribution is -2.11. The van der Waals surface area contributed by atoms with Crippen LogP contribution in [-0.2, 0) is 0 Å². The standard InChI is InChI=1S/C13H9FN2O2S/c14-10-6-9(2-1-5-17)3-4-11(10)16-13(18)12-7-15-8-19-12/h3-4,6-8,17H,5H2,(H,16,18). The number of carbonyl (C=O) groups is 1. The van der Waals surface area contributed by atoms with Gasteiger partial charge in [0, 0.05) is 5.56 Å². The van der Waals surface area contributed by atoms with E-state index >= 15 is 0 Å². The Morgan fingerprint density at radius 2 is 2.37 bits per heavy atom. The Bertz CT molecular complexity index is 644. The SMILES string of the molecule is O=C(Nc1ccc(C#CCO)cc1F)c1cncs1. The lowest BCUT2D eigenvalue weighted by molar-refractivity contribution is 0.103. The molecule has 1 aromatic carbocycles. The maximum Gasteiger partial charge on any atom is 0.267 e. The fourth-order valence-corrected chi connectivity index (χ4v) is 1.86. The molecule has 96 valence electrons. The van der Waals surface area contributed by atoms with Crippen LogP contribution in [0.25, 0.3) is 0 Å². The minimum Gasteiger partial charge on any atom is -0.384 e. The van der Waals surface area contributed by atoms with Crippen molar-refractivity contribution in [2.24, 2.45) is 0 Å². The average molecular weight is 276 g/mol. The van der Waals surface area contributed by atoms with E-state index in [1.165, 1.54) is 35.2 Å². The topological polar surface area (TPSA) is 62.2 Å². The minimum absolute atomic E-state index is 0.0768. The molecule has 0 spiro atoms. The fourth-order valence-electron chi connectivity index (χ4n) is 1.35. The molecule has 0 fully saturated rings. The molecule has 1 heterocycles. The van der Waals surface area contributed by atoms with Crippen molar-refractivity contribution in [1.82, 2.24) is 4.98 Å². The van der Waals surface area contributed by atoms with Crippen molar-refractivity contribution in [1.29, 1.82) is 0 Å². The summed E-state index contributed by atoms with van der Waals surface area (Å²) in [6, 6.07) is 4.19. The number of aliphatic hydroxyl groups excluding tert-OH is 1. The third-order valence-corrected chi connectivity index (χ3v) is 2.96. The number of hydrogen-bond donors (Lipinski definition) is 2. The van der Waals surface area contributed by atoms with E-state index in [2.05, 4.69) is 22.1 Å². The Labute approximate surface area is 112 Å². The van der Waals surface area contributed by atoms with Crippen LogP contribution in [0.5, 0.6) is 0 Å². The van der Waals surface area contributed by atoms with E-state index in [0.29, 0.717) is 10.4 Å². The van der Waals surface area contributed by atoms with Gasteiger partial charge in [0.1, 0.15) is 17.3 Å². The third-order valence-electron chi connectivity index (χ3n) is 2.19. The minimum atomic E-state index is -0.581. The van der Waals surface area contributed by atoms with Crippen molar-refractivity contribution in [2.45, 2.75) is 0 Å². The van der Waals surface area contributed by atoms with Gasteiger partial charge in [-0.05, 0) is 18.2 Å². The summed E-state index contributed by atoms with van der Waals surface area (Å²) >= 11 is 1.17. The molecule has 1 aromatic heterocycles. The van der Waals surface area contributed by atoms with Crippen LogP contribution in [0.3, 0.4) is 0 Å². The van der Waals surface area contributed by atoms with Gasteiger partial charge in [0.05, 0.1) is 17.4 Å². The van der Waals surface area contributed by atoms with Gasteiger partial charge in [-0.15, -0.1) is 11.3 Å². The lowest BCUT2D eigenvalue weighted by atomic mass is 10.2. The molecule has 0 radical (unpaired) electrons. The molecule has 0 aliphatic carbocycles. The highest BCUT2D eigenvalue weighted by Crippen LogP contribution is 2.17. The van der Waals surface area contributed by atoms with Crippen molar-refractivity contribution >= 4 is 22.9 Å². The fraction of sp³-hybridized carbons (Fsp3) is 0.0769. The number of hydrogen-bond acceptors (Lipinski definition) is 4. The molecule has 0 saturated carbocycles. The number of amides is 1. The van der Waals surface area contributed by atoms with Crippen molar-refractivity contribution < 1.29 is 14.3 Å². The van der Waals surface area contributed by atoms with Crippen molar-refractivity contribution in [3.05, 3.63) is 46.2 Å². The smallest absolute Gasteiger partial charge is 0.267 e. The number of aliphatic hydroxyl groups is 1. The number of anilines is 1. The van der Waals surface area contributed by atoms with Gasteiger partial charge in [-0.25, -0.2) is 4.39 Å². The molecule has 0 saturated heterocycles. The van der Waals surface area contributed by atoms with Gasteiger partial charge in [0.25, 0.3) is 5.91 Å². The predicted octanol–water partition coefficient (Wildman–Crippen LogP) is 1.88. The predicted molar refractivity (Wildman–Crippen MR) is 70.4 cm³/mol. The largest absolute Gasteiger partial charge is 0.384 e. The third kappa shape index (κ3) is 3.37. The molecule has 1 amide bonds. The Hall–Kier alpha value is -2.23. The second kappa shape index (κ2) is 6.09. The highest BCUT2D eigenvalue weighted by molar-refractivity contribution is 7.11. The maximum absolute atomic E-state index is 13.7. The summed E-state index contributed by atoms with van der Waals surface area (Å²) in [6.07, 6.45) is 1.42. The summed E-state index contributed by atoms with van der Waals surface area (Å²) in [5.74, 6) is 4.01. The van der Waals surface area contributed by atoms with Gasteiger partial charge >= 0.3 is 0 Å². The molecule has 0 aliphatic rings. The molecule has 0 unspecified atom stereocenters. The van der Waals surface area contributed by atoms with E-state index in [-0.39, 0.29) is 12.3 Å². The van der Waals surface area contributed by atoms with Crippen LogP contribution >= 0.6 is 11.3 Å². The van der Waals surface area contributed by atoms with Crippen LogP contribution < -0.4 is 5.32 Å². The molecule has 4 nitrogen and oxygen atoms in total. The van der Waals surface area contributed by atoms with Crippen molar-refractivity contribution in [3.8, 4) is 11.8 Å². The van der Waals surface area contributed by atoms with E-state index in [1.54, 1.807) is 6.07 Å². The molecule has 2 rings (SSSR count). The highest BCUT2D eigenvalue weighted by Gasteiger charge is 2.10. The second-order valence-electron chi connectivity index (χ2n) is 3.47. The summed E-state index contributed by atoms with van der Waals surface area (Å²) in [4.78, 5) is 15.9. The van der Waals surface area contributed by atoms with Crippen LogP contribution in [0.1, 0.15) is 15.2 Å². The average Bonchev–Trinajstić information content (AvgIpc) is 2.93. The van der Waals surface area contributed by atoms with Gasteiger partial charge in [0.15, 0.2) is 0 Å². The Morgan fingerprint density at radius 3 is 3.00 bits per heavy atom. The molecule has 2 aromatic rings. The summed E-state index contributed by atoms with van der Waals surface area (Å²) in [5.41, 5.74) is 2.04. The monoisotopic (exact) mass is 276 g/mol. The maximum atomic E-state index is 13.7. The first-order valence-electron chi connectivity index (χ1n) is 5.30. The first-order valence-corrected chi connectivity index (χ1v) is 6.18. The number of rotatable bonds is 2. The molecular weight excluding hydrogens is 267 g/mol. The number of halogens is 1. The van der Waals surface area contributed by atoms with E-state index in [9.17, 15) is 9.18 Å². The van der Waals surface area contributed by atoms with Gasteiger partial charge < -0.3 is 10.4 Å². The zero-order valence-electron chi connectivity index (χ0n) is 9.68. The van der Waals surface area contributed by atoms with Gasteiger partial charge in [-0.2, -0.15) is 0 Å². The molecule has 6 heteroatoms. The van der Waals surface area contributed by atoms with Crippen molar-refractivity contribution in [3.63, 3.8) is 0 Å². The van der Waals surface area contributed by atoms with Crippen LogP contribution in [0.15, 0.2) is 29.9 Å². The van der Waals surface area contributed by atoms with Gasteiger partial charge in [-0.3, -0.25) is 9.78 Å². The first kappa shape index (κ1) is 13.2. The van der Waals surface area contributed by atoms with E-state index in [0.717, 1.165) is 0 Å². The zero-order chi connectivity index (χ0) is 13.7. The lowest BCUT2D eigenvalue weighted by Gasteiger charge is -2.05. The summed E-state index contributed by atoms with van der Waals surface area (Å²) < 4.78 is 13.7. The van der Waals surface area contributed by atoms with E-state index < -0.39 is 11.7 Å². The number of thiazole rings is 1. The van der Waals surface area contributed by atoms with Gasteiger partial charge in [0.2, 0.25) is 0 Å². The first-order chi connectivity index (χ1) is 9.20. The summed E-state index contributed by atoms with van der Waals surface area (Å²) in [5, 5.41) is 11.0. The highest BCUT2D eigenvalue weighted by atomic mass is 32.1. The number of carbonyl (C=O) groups excluding carboxylic acids is 1. The molecule has 0 bridgehead atoms. The Kier molecular flexibility index (Phi) is 4.23. The van der Waals surface area contributed by atoms with Crippen LogP contribution in [0, 0.1) is 17.7 Å². The molecule has 2 N–H and O–H groups in total. The Balaban J connectivity index is 2.15. The van der Waals surface area contributed by atoms with Crippen LogP contribution in [0.4, 0.5) is 10.1 Å². The van der Waals surface area contributed by atoms with Crippen LogP contribution in [0.2, 0.25) is 0 Å². The van der Waals surface area contributed by atoms with Crippen LogP contribution in [-0.4, -0.2) is 22.6 Å². The number of benzene rings is 1.